The highest BCUT2D eigenvalue weighted by Crippen LogP contribution is 2.17. The van der Waals surface area contributed by atoms with Crippen molar-refractivity contribution in [2.45, 2.75) is 85.2 Å². The van der Waals surface area contributed by atoms with Crippen LogP contribution in [0.4, 0.5) is 0 Å². The Hall–Kier alpha value is -2.31. The second-order valence-electron chi connectivity index (χ2n) is 7.80. The highest BCUT2D eigenvalue weighted by Gasteiger charge is 2.19. The molecule has 3 rings (SSSR count). The average Bonchev–Trinajstić information content (AvgIpc) is 3.18. The van der Waals surface area contributed by atoms with E-state index in [1.54, 1.807) is 7.05 Å². The molecule has 0 saturated heterocycles. The molecule has 0 saturated carbocycles. The molecule has 7 heteroatoms. The summed E-state index contributed by atoms with van der Waals surface area (Å²) in [4.78, 5) is 30.6. The SMILES string of the molecule is CCCCCCn1c(=O)c2c(nc3n(CCCCCC)c(C)cn23)n(C)c1=O. The number of aromatic nitrogens is 5. The maximum absolute atomic E-state index is 13.1. The molecule has 0 amide bonds. The molecular weight excluding hydrogens is 354 g/mol. The molecule has 3 heterocycles. The van der Waals surface area contributed by atoms with Crippen LogP contribution in [0.15, 0.2) is 15.8 Å². The van der Waals surface area contributed by atoms with Gasteiger partial charge >= 0.3 is 5.69 Å². The predicted molar refractivity (Wildman–Crippen MR) is 113 cm³/mol. The topological polar surface area (TPSA) is 66.2 Å². The molecule has 0 atom stereocenters. The number of aryl methyl sites for hydroxylation is 3. The zero-order valence-corrected chi connectivity index (χ0v) is 17.7. The van der Waals surface area contributed by atoms with E-state index in [1.807, 2.05) is 17.5 Å². The van der Waals surface area contributed by atoms with Crippen LogP contribution >= 0.6 is 0 Å². The van der Waals surface area contributed by atoms with E-state index in [4.69, 9.17) is 0 Å². The number of nitrogens with zero attached hydrogens (tertiary/aromatic N) is 5. The first-order valence-corrected chi connectivity index (χ1v) is 10.7. The molecule has 0 aliphatic carbocycles. The molecule has 154 valence electrons. The lowest BCUT2D eigenvalue weighted by atomic mass is 10.2. The molecule has 3 aromatic heterocycles. The second kappa shape index (κ2) is 8.80. The fraction of sp³-hybridized carbons (Fsp3) is 0.667. The van der Waals surface area contributed by atoms with E-state index >= 15 is 0 Å². The first-order chi connectivity index (χ1) is 13.5. The van der Waals surface area contributed by atoms with E-state index in [2.05, 4.69) is 23.4 Å². The molecular formula is C21H33N5O2. The van der Waals surface area contributed by atoms with Gasteiger partial charge in [-0.1, -0.05) is 52.4 Å². The minimum Gasteiger partial charge on any atom is -0.314 e. The third kappa shape index (κ3) is 3.66. The first kappa shape index (κ1) is 20.4. The average molecular weight is 388 g/mol. The van der Waals surface area contributed by atoms with Gasteiger partial charge in [-0.2, -0.15) is 4.98 Å². The molecule has 0 radical (unpaired) electrons. The Balaban J connectivity index is 2.05. The summed E-state index contributed by atoms with van der Waals surface area (Å²) in [5.74, 6) is 0.750. The van der Waals surface area contributed by atoms with Crippen LogP contribution < -0.4 is 11.2 Å². The molecule has 0 aliphatic heterocycles. The summed E-state index contributed by atoms with van der Waals surface area (Å²) in [6.45, 7) is 7.74. The fourth-order valence-electron chi connectivity index (χ4n) is 3.92. The molecule has 0 spiro atoms. The van der Waals surface area contributed by atoms with Gasteiger partial charge in [-0.15, -0.1) is 0 Å². The minimum atomic E-state index is -0.277. The van der Waals surface area contributed by atoms with Crippen molar-refractivity contribution in [2.75, 3.05) is 0 Å². The molecule has 0 aliphatic rings. The van der Waals surface area contributed by atoms with Gasteiger partial charge in [0.15, 0.2) is 11.2 Å². The Kier molecular flexibility index (Phi) is 6.42. The van der Waals surface area contributed by atoms with Gasteiger partial charge in [-0.3, -0.25) is 18.3 Å². The Morgan fingerprint density at radius 2 is 1.50 bits per heavy atom. The lowest BCUT2D eigenvalue weighted by molar-refractivity contribution is 0.539. The third-order valence-corrected chi connectivity index (χ3v) is 5.61. The van der Waals surface area contributed by atoms with E-state index < -0.39 is 0 Å². The summed E-state index contributed by atoms with van der Waals surface area (Å²) in [6.07, 6.45) is 10.8. The van der Waals surface area contributed by atoms with E-state index in [0.717, 1.165) is 50.1 Å². The zero-order chi connectivity index (χ0) is 20.3. The van der Waals surface area contributed by atoms with E-state index in [1.165, 1.54) is 28.4 Å². The molecule has 0 bridgehead atoms. The van der Waals surface area contributed by atoms with Gasteiger partial charge in [-0.25, -0.2) is 4.79 Å². The fourth-order valence-corrected chi connectivity index (χ4v) is 3.92. The van der Waals surface area contributed by atoms with Crippen molar-refractivity contribution in [3.8, 4) is 0 Å². The van der Waals surface area contributed by atoms with Crippen LogP contribution in [0.25, 0.3) is 16.9 Å². The van der Waals surface area contributed by atoms with E-state index in [-0.39, 0.29) is 11.2 Å². The van der Waals surface area contributed by atoms with Gasteiger partial charge < -0.3 is 4.57 Å². The third-order valence-electron chi connectivity index (χ3n) is 5.61. The van der Waals surface area contributed by atoms with Gasteiger partial charge in [0.2, 0.25) is 5.78 Å². The summed E-state index contributed by atoms with van der Waals surface area (Å²) in [5.41, 5.74) is 1.55. The number of rotatable bonds is 10. The quantitative estimate of drug-likeness (QED) is 0.499. The van der Waals surface area contributed by atoms with Crippen molar-refractivity contribution in [3.63, 3.8) is 0 Å². The number of fused-ring (bicyclic) bond motifs is 3. The first-order valence-electron chi connectivity index (χ1n) is 10.7. The molecule has 0 fully saturated rings. The maximum atomic E-state index is 13.1. The second-order valence-corrected chi connectivity index (χ2v) is 7.80. The van der Waals surface area contributed by atoms with Crippen LogP contribution in [-0.2, 0) is 20.1 Å². The summed E-state index contributed by atoms with van der Waals surface area (Å²) in [6, 6.07) is 0. The number of unbranched alkanes of at least 4 members (excludes halogenated alkanes) is 6. The normalized spacial score (nSPS) is 11.9. The van der Waals surface area contributed by atoms with Crippen molar-refractivity contribution in [2.24, 2.45) is 7.05 Å². The van der Waals surface area contributed by atoms with Crippen LogP contribution in [0, 0.1) is 6.92 Å². The van der Waals surface area contributed by atoms with E-state index in [9.17, 15) is 9.59 Å². The van der Waals surface area contributed by atoms with Crippen molar-refractivity contribution in [3.05, 3.63) is 32.7 Å². The van der Waals surface area contributed by atoms with Crippen LogP contribution in [0.2, 0.25) is 0 Å². The smallest absolute Gasteiger partial charge is 0.314 e. The summed E-state index contributed by atoms with van der Waals surface area (Å²) >= 11 is 0. The summed E-state index contributed by atoms with van der Waals surface area (Å²) in [7, 11) is 1.71. The van der Waals surface area contributed by atoms with Gasteiger partial charge in [0, 0.05) is 32.0 Å². The predicted octanol–water partition coefficient (Wildman–Crippen LogP) is 3.62. The van der Waals surface area contributed by atoms with Crippen LogP contribution in [0.1, 0.15) is 70.9 Å². The Morgan fingerprint density at radius 3 is 2.11 bits per heavy atom. The highest BCUT2D eigenvalue weighted by atomic mass is 16.2. The van der Waals surface area contributed by atoms with Crippen molar-refractivity contribution < 1.29 is 0 Å². The Labute approximate surface area is 165 Å². The van der Waals surface area contributed by atoms with Crippen LogP contribution in [0.5, 0.6) is 0 Å². The van der Waals surface area contributed by atoms with Crippen LogP contribution in [0.3, 0.4) is 0 Å². The molecule has 3 aromatic rings. The monoisotopic (exact) mass is 387 g/mol. The lowest BCUT2D eigenvalue weighted by Crippen LogP contribution is -2.39. The van der Waals surface area contributed by atoms with Gasteiger partial charge in [0.25, 0.3) is 5.56 Å². The summed E-state index contributed by atoms with van der Waals surface area (Å²) in [5, 5.41) is 0. The maximum Gasteiger partial charge on any atom is 0.332 e. The number of hydrogen-bond donors (Lipinski definition) is 0. The summed E-state index contributed by atoms with van der Waals surface area (Å²) < 4.78 is 6.92. The molecule has 28 heavy (non-hydrogen) atoms. The van der Waals surface area contributed by atoms with Crippen molar-refractivity contribution in [1.29, 1.82) is 0 Å². The van der Waals surface area contributed by atoms with Crippen molar-refractivity contribution in [1.82, 2.24) is 23.1 Å². The van der Waals surface area contributed by atoms with E-state index in [0.29, 0.717) is 17.7 Å². The Bertz CT molecular complexity index is 1070. The Morgan fingerprint density at radius 1 is 0.893 bits per heavy atom. The van der Waals surface area contributed by atoms with Gasteiger partial charge in [-0.05, 0) is 19.8 Å². The molecule has 0 unspecified atom stereocenters. The number of hydrogen-bond acceptors (Lipinski definition) is 3. The van der Waals surface area contributed by atoms with Crippen LogP contribution in [-0.4, -0.2) is 23.1 Å². The molecule has 0 aromatic carbocycles. The standard InChI is InChI=1S/C21H33N5O2/c1-5-7-9-11-13-24-16(3)15-26-17-18(22-20(24)26)23(4)21(28)25(19(17)27)14-12-10-8-6-2/h15H,5-14H2,1-4H3. The largest absolute Gasteiger partial charge is 0.332 e. The zero-order valence-electron chi connectivity index (χ0n) is 17.7. The number of imidazole rings is 2. The van der Waals surface area contributed by atoms with Gasteiger partial charge in [0.05, 0.1) is 0 Å². The lowest BCUT2D eigenvalue weighted by Gasteiger charge is -2.07. The van der Waals surface area contributed by atoms with Crippen molar-refractivity contribution >= 4 is 16.9 Å². The molecule has 7 nitrogen and oxygen atoms in total. The van der Waals surface area contributed by atoms with Gasteiger partial charge in [0.1, 0.15) is 0 Å². The molecule has 0 N–H and O–H groups in total. The minimum absolute atomic E-state index is 0.231. The highest BCUT2D eigenvalue weighted by molar-refractivity contribution is 5.75.